The molecule has 5 nitrogen and oxygen atoms in total. The lowest BCUT2D eigenvalue weighted by Gasteiger charge is -2.13. The molecule has 152 valence electrons. The molecule has 3 heterocycles. The van der Waals surface area contributed by atoms with Crippen LogP contribution in [0.1, 0.15) is 23.7 Å². The molecule has 2 aromatic heterocycles. The van der Waals surface area contributed by atoms with Gasteiger partial charge in [0.05, 0.1) is 12.3 Å². The third kappa shape index (κ3) is 3.16. The first kappa shape index (κ1) is 18.5. The van der Waals surface area contributed by atoms with Crippen molar-refractivity contribution >= 4 is 11.6 Å². The smallest absolute Gasteiger partial charge is 0.208 e. The van der Waals surface area contributed by atoms with Crippen LogP contribution in [0.25, 0.3) is 16.8 Å². The van der Waals surface area contributed by atoms with Crippen molar-refractivity contribution in [3.63, 3.8) is 0 Å². The minimum absolute atomic E-state index is 0.265. The minimum Gasteiger partial charge on any atom is -0.493 e. The number of aryl methyl sites for hydroxylation is 1. The molecule has 0 fully saturated rings. The van der Waals surface area contributed by atoms with E-state index in [1.165, 1.54) is 18.2 Å². The Hall–Kier alpha value is -3.48. The van der Waals surface area contributed by atoms with Crippen LogP contribution in [0, 0.1) is 11.6 Å². The predicted octanol–water partition coefficient (Wildman–Crippen LogP) is 4.78. The summed E-state index contributed by atoms with van der Waals surface area (Å²) in [5, 5.41) is 3.24. The Morgan fingerprint density at radius 1 is 1.20 bits per heavy atom. The number of fused-ring (bicyclic) bond motifs is 2. The molecular weight excluding hydrogens is 386 g/mol. The van der Waals surface area contributed by atoms with E-state index in [-0.39, 0.29) is 18.2 Å². The highest BCUT2D eigenvalue weighted by Crippen LogP contribution is 2.31. The molecule has 0 aliphatic carbocycles. The Morgan fingerprint density at radius 3 is 2.93 bits per heavy atom. The number of anilines is 1. The maximum Gasteiger partial charge on any atom is 0.208 e. The van der Waals surface area contributed by atoms with Gasteiger partial charge in [-0.15, -0.1) is 0 Å². The molecular formula is C23H20F2N4O. The van der Waals surface area contributed by atoms with Crippen LogP contribution in [-0.2, 0) is 19.4 Å². The summed E-state index contributed by atoms with van der Waals surface area (Å²) >= 11 is 0. The van der Waals surface area contributed by atoms with E-state index in [0.717, 1.165) is 29.0 Å². The molecule has 7 heteroatoms. The monoisotopic (exact) mass is 406 g/mol. The van der Waals surface area contributed by atoms with Gasteiger partial charge in [0.25, 0.3) is 0 Å². The molecule has 0 amide bonds. The molecule has 0 atom stereocenters. The first-order valence-corrected chi connectivity index (χ1v) is 9.94. The fourth-order valence-electron chi connectivity index (χ4n) is 3.86. The Labute approximate surface area is 172 Å². The van der Waals surface area contributed by atoms with Gasteiger partial charge >= 0.3 is 0 Å². The molecule has 2 aromatic carbocycles. The lowest BCUT2D eigenvalue weighted by atomic mass is 10.0. The molecule has 0 spiro atoms. The van der Waals surface area contributed by atoms with Gasteiger partial charge in [-0.2, -0.15) is 0 Å². The molecule has 1 aliphatic heterocycles. The molecule has 0 unspecified atom stereocenters. The van der Waals surface area contributed by atoms with Gasteiger partial charge in [0.1, 0.15) is 23.0 Å². The largest absolute Gasteiger partial charge is 0.493 e. The number of ether oxygens (including phenoxy) is 1. The molecule has 1 aliphatic rings. The summed E-state index contributed by atoms with van der Waals surface area (Å²) in [6.07, 6.45) is 5.02. The van der Waals surface area contributed by atoms with Crippen molar-refractivity contribution in [3.8, 4) is 16.9 Å². The highest BCUT2D eigenvalue weighted by Gasteiger charge is 2.20. The zero-order valence-corrected chi connectivity index (χ0v) is 16.5. The standard InChI is InChI=1S/C23H20F2N4O/c1-2-16-13-29-22(28-16)18(14-4-3-5-15(24)10-14)11-26-23(29)27-12-19-17-8-9-30-21(17)7-6-20(19)25/h3-7,10-11,13H,2,8-9,12H2,1H3,(H,26,27). The maximum atomic E-state index is 14.5. The maximum absolute atomic E-state index is 14.5. The minimum atomic E-state index is -0.314. The molecule has 0 radical (unpaired) electrons. The fraction of sp³-hybridized carbons (Fsp3) is 0.217. The summed E-state index contributed by atoms with van der Waals surface area (Å²) in [4.78, 5) is 9.23. The van der Waals surface area contributed by atoms with Gasteiger partial charge in [-0.05, 0) is 36.2 Å². The number of benzene rings is 2. The molecule has 4 aromatic rings. The number of hydrogen-bond donors (Lipinski definition) is 1. The third-order valence-corrected chi connectivity index (χ3v) is 5.40. The topological polar surface area (TPSA) is 51.5 Å². The molecule has 0 saturated heterocycles. The van der Waals surface area contributed by atoms with Crippen molar-refractivity contribution < 1.29 is 13.5 Å². The Morgan fingerprint density at radius 2 is 2.10 bits per heavy atom. The number of aromatic nitrogens is 3. The summed E-state index contributed by atoms with van der Waals surface area (Å²) in [5.41, 5.74) is 4.50. The van der Waals surface area contributed by atoms with Gasteiger partial charge in [0, 0.05) is 42.0 Å². The zero-order valence-electron chi connectivity index (χ0n) is 16.5. The second-order valence-corrected chi connectivity index (χ2v) is 7.24. The van der Waals surface area contributed by atoms with Gasteiger partial charge < -0.3 is 10.1 Å². The summed E-state index contributed by atoms with van der Waals surface area (Å²) < 4.78 is 35.6. The van der Waals surface area contributed by atoms with Gasteiger partial charge in [-0.3, -0.25) is 4.40 Å². The lowest BCUT2D eigenvalue weighted by Crippen LogP contribution is -2.09. The van der Waals surface area contributed by atoms with E-state index >= 15 is 0 Å². The second kappa shape index (κ2) is 7.40. The second-order valence-electron chi connectivity index (χ2n) is 7.24. The van der Waals surface area contributed by atoms with Crippen molar-refractivity contribution in [2.45, 2.75) is 26.3 Å². The summed E-state index contributed by atoms with van der Waals surface area (Å²) in [6, 6.07) is 9.48. The molecule has 5 rings (SSSR count). The van der Waals surface area contributed by atoms with Gasteiger partial charge in [0.2, 0.25) is 5.95 Å². The summed E-state index contributed by atoms with van der Waals surface area (Å²) in [7, 11) is 0. The number of halogens is 2. The van der Waals surface area contributed by atoms with Crippen LogP contribution in [0.15, 0.2) is 48.8 Å². The van der Waals surface area contributed by atoms with Crippen molar-refractivity contribution in [3.05, 3.63) is 77.2 Å². The zero-order chi connectivity index (χ0) is 20.7. The third-order valence-electron chi connectivity index (χ3n) is 5.40. The summed E-state index contributed by atoms with van der Waals surface area (Å²) in [5.74, 6) is 0.710. The Balaban J connectivity index is 1.54. The van der Waals surface area contributed by atoms with E-state index in [4.69, 9.17) is 9.72 Å². The van der Waals surface area contributed by atoms with Crippen LogP contribution >= 0.6 is 0 Å². The normalized spacial score (nSPS) is 12.8. The van der Waals surface area contributed by atoms with Crippen LogP contribution < -0.4 is 10.1 Å². The van der Waals surface area contributed by atoms with E-state index in [2.05, 4.69) is 10.3 Å². The Bertz CT molecular complexity index is 1250. The van der Waals surface area contributed by atoms with Crippen LogP contribution in [0.4, 0.5) is 14.7 Å². The van der Waals surface area contributed by atoms with E-state index in [9.17, 15) is 8.78 Å². The van der Waals surface area contributed by atoms with Crippen LogP contribution in [0.2, 0.25) is 0 Å². The predicted molar refractivity (Wildman–Crippen MR) is 111 cm³/mol. The first-order chi connectivity index (χ1) is 14.6. The highest BCUT2D eigenvalue weighted by atomic mass is 19.1. The van der Waals surface area contributed by atoms with E-state index in [1.54, 1.807) is 18.3 Å². The van der Waals surface area contributed by atoms with Crippen LogP contribution in [0.3, 0.4) is 0 Å². The van der Waals surface area contributed by atoms with Gasteiger partial charge in [-0.1, -0.05) is 19.1 Å². The molecule has 0 bridgehead atoms. The van der Waals surface area contributed by atoms with Gasteiger partial charge in [-0.25, -0.2) is 18.7 Å². The van der Waals surface area contributed by atoms with E-state index < -0.39 is 0 Å². The number of nitrogens with zero attached hydrogens (tertiary/aromatic N) is 3. The summed E-state index contributed by atoms with van der Waals surface area (Å²) in [6.45, 7) is 2.87. The Kier molecular flexibility index (Phi) is 4.58. The van der Waals surface area contributed by atoms with Crippen molar-refractivity contribution in [2.24, 2.45) is 0 Å². The number of imidazole rings is 1. The fourth-order valence-corrected chi connectivity index (χ4v) is 3.86. The van der Waals surface area contributed by atoms with Crippen molar-refractivity contribution in [1.29, 1.82) is 0 Å². The first-order valence-electron chi connectivity index (χ1n) is 9.94. The van der Waals surface area contributed by atoms with E-state index in [0.29, 0.717) is 35.8 Å². The average Bonchev–Trinajstić information content (AvgIpc) is 3.40. The molecule has 0 saturated carbocycles. The van der Waals surface area contributed by atoms with Crippen LogP contribution in [-0.4, -0.2) is 21.0 Å². The lowest BCUT2D eigenvalue weighted by molar-refractivity contribution is 0.356. The van der Waals surface area contributed by atoms with E-state index in [1.807, 2.05) is 23.6 Å². The van der Waals surface area contributed by atoms with Gasteiger partial charge in [0.15, 0.2) is 0 Å². The van der Waals surface area contributed by atoms with Crippen LogP contribution in [0.5, 0.6) is 5.75 Å². The number of nitrogens with one attached hydrogen (secondary N) is 1. The number of rotatable bonds is 5. The number of hydrogen-bond acceptors (Lipinski definition) is 4. The highest BCUT2D eigenvalue weighted by molar-refractivity contribution is 5.78. The quantitative estimate of drug-likeness (QED) is 0.518. The average molecular weight is 406 g/mol. The molecule has 1 N–H and O–H groups in total. The van der Waals surface area contributed by atoms with Crippen molar-refractivity contribution in [1.82, 2.24) is 14.4 Å². The van der Waals surface area contributed by atoms with Crippen molar-refractivity contribution in [2.75, 3.05) is 11.9 Å². The molecule has 30 heavy (non-hydrogen) atoms. The SMILES string of the molecule is CCc1cn2c(NCc3c(F)ccc4c3CCO4)ncc(-c3cccc(F)c3)c2n1.